The lowest BCUT2D eigenvalue weighted by Crippen LogP contribution is -2.51. The molecule has 1 aromatic carbocycles. The normalized spacial score (nSPS) is 18.7. The molecule has 0 saturated carbocycles. The zero-order valence-electron chi connectivity index (χ0n) is 14.0. The van der Waals surface area contributed by atoms with E-state index >= 15 is 0 Å². The summed E-state index contributed by atoms with van der Waals surface area (Å²) in [4.78, 5) is 28.9. The molecule has 0 radical (unpaired) electrons. The van der Waals surface area contributed by atoms with Crippen LogP contribution in [0.25, 0.3) is 0 Å². The fraction of sp³-hybridized carbons (Fsp3) is 0.353. The van der Waals surface area contributed by atoms with Crippen molar-refractivity contribution in [3.05, 3.63) is 46.5 Å². The highest BCUT2D eigenvalue weighted by molar-refractivity contribution is 6.14. The topological polar surface area (TPSA) is 84.8 Å². The van der Waals surface area contributed by atoms with Gasteiger partial charge in [-0.05, 0) is 43.7 Å². The monoisotopic (exact) mass is 366 g/mol. The van der Waals surface area contributed by atoms with E-state index in [0.717, 1.165) is 34.7 Å². The van der Waals surface area contributed by atoms with Gasteiger partial charge in [-0.15, -0.1) is 0 Å². The van der Waals surface area contributed by atoms with E-state index in [4.69, 9.17) is 0 Å². The minimum absolute atomic E-state index is 0.0385. The highest BCUT2D eigenvalue weighted by Gasteiger charge is 2.43. The van der Waals surface area contributed by atoms with Gasteiger partial charge in [0.15, 0.2) is 0 Å². The number of amidine groups is 1. The van der Waals surface area contributed by atoms with Crippen molar-refractivity contribution in [2.75, 3.05) is 13.1 Å². The number of carboxylic acid groups (broad SMARTS) is 1. The number of benzene rings is 1. The lowest BCUT2D eigenvalue weighted by atomic mass is 9.94. The number of carbonyl (C=O) groups is 2. The number of carbonyl (C=O) groups excluding carboxylic acids is 2. The second-order valence-electron chi connectivity index (χ2n) is 6.56. The molecule has 3 rings (SSSR count). The minimum atomic E-state index is -4.48. The summed E-state index contributed by atoms with van der Waals surface area (Å²) in [6.07, 6.45) is -5.80. The second kappa shape index (κ2) is 5.86. The van der Waals surface area contributed by atoms with Crippen LogP contribution in [0.2, 0.25) is 0 Å². The molecule has 2 aliphatic heterocycles. The van der Waals surface area contributed by atoms with E-state index in [-0.39, 0.29) is 24.5 Å². The Morgan fingerprint density at radius 1 is 1.23 bits per heavy atom. The average molecular weight is 366 g/mol. The highest BCUT2D eigenvalue weighted by Crippen LogP contribution is 2.37. The van der Waals surface area contributed by atoms with Crippen molar-refractivity contribution in [1.29, 1.82) is 0 Å². The van der Waals surface area contributed by atoms with Gasteiger partial charge >= 0.3 is 6.18 Å². The number of nitrogens with one attached hydrogen (secondary N) is 1. The van der Waals surface area contributed by atoms with E-state index in [1.165, 1.54) is 0 Å². The number of halogens is 3. The van der Waals surface area contributed by atoms with Crippen LogP contribution < -0.4 is 10.4 Å². The first-order chi connectivity index (χ1) is 12.0. The Morgan fingerprint density at radius 3 is 2.38 bits per heavy atom. The Balaban J connectivity index is 1.76. The van der Waals surface area contributed by atoms with Crippen molar-refractivity contribution in [2.45, 2.75) is 25.6 Å². The zero-order chi connectivity index (χ0) is 19.3. The lowest BCUT2D eigenvalue weighted by molar-refractivity contribution is -0.268. The Kier molecular flexibility index (Phi) is 4.05. The Bertz CT molecular complexity index is 839. The molecule has 0 bridgehead atoms. The molecular formula is C17H15F3N3O3-. The maximum absolute atomic E-state index is 12.6. The molecule has 26 heavy (non-hydrogen) atoms. The second-order valence-corrected chi connectivity index (χ2v) is 6.56. The maximum Gasteiger partial charge on any atom is 0.416 e. The fourth-order valence-electron chi connectivity index (χ4n) is 3.14. The number of aliphatic imine (C=N–C) groups is 1. The molecule has 6 nitrogen and oxygen atoms in total. The molecule has 0 atom stereocenters. The summed E-state index contributed by atoms with van der Waals surface area (Å²) in [7, 11) is 0. The summed E-state index contributed by atoms with van der Waals surface area (Å²) in [6.45, 7) is 3.73. The van der Waals surface area contributed by atoms with Gasteiger partial charge < -0.3 is 20.1 Å². The van der Waals surface area contributed by atoms with Crippen molar-refractivity contribution in [3.8, 4) is 0 Å². The van der Waals surface area contributed by atoms with Crippen molar-refractivity contribution < 1.29 is 27.9 Å². The van der Waals surface area contributed by atoms with E-state index in [1.807, 2.05) is 0 Å². The first kappa shape index (κ1) is 18.0. The molecule has 2 aliphatic rings. The van der Waals surface area contributed by atoms with Crippen LogP contribution in [-0.4, -0.2) is 41.4 Å². The maximum atomic E-state index is 12.6. The summed E-state index contributed by atoms with van der Waals surface area (Å²) in [5.74, 6) is -0.377. The third kappa shape index (κ3) is 2.93. The minimum Gasteiger partial charge on any atom is -0.530 e. The molecule has 1 N–H and O–H groups in total. The molecule has 0 aromatic heterocycles. The average Bonchev–Trinajstić information content (AvgIpc) is 3.05. The largest absolute Gasteiger partial charge is 0.530 e. The standard InChI is InChI=1S/C17H16F3N3O3/c1-16(2)12-7-21-13(11(12)8-23(16)15(25)26)22-14(24)9-3-5-10(6-4-9)17(18,19)20/h3-6H,7-8H2,1-2H3,(H,25,26)(H,21,22,24)/p-1. The Hall–Kier alpha value is -2.84. The molecule has 0 spiro atoms. The van der Waals surface area contributed by atoms with E-state index in [0.29, 0.717) is 5.57 Å². The van der Waals surface area contributed by atoms with Gasteiger partial charge in [-0.25, -0.2) is 0 Å². The van der Waals surface area contributed by atoms with Gasteiger partial charge in [0, 0.05) is 17.7 Å². The van der Waals surface area contributed by atoms with Crippen LogP contribution in [0.3, 0.4) is 0 Å². The van der Waals surface area contributed by atoms with Crippen molar-refractivity contribution in [2.24, 2.45) is 4.99 Å². The van der Waals surface area contributed by atoms with E-state index < -0.39 is 29.3 Å². The summed E-state index contributed by atoms with van der Waals surface area (Å²) in [5, 5.41) is 13.8. The van der Waals surface area contributed by atoms with Gasteiger partial charge in [0.05, 0.1) is 17.6 Å². The first-order valence-electron chi connectivity index (χ1n) is 7.76. The van der Waals surface area contributed by atoms with Gasteiger partial charge in [-0.1, -0.05) is 0 Å². The number of hydrogen-bond acceptors (Lipinski definition) is 4. The van der Waals surface area contributed by atoms with Crippen molar-refractivity contribution >= 4 is 17.8 Å². The van der Waals surface area contributed by atoms with Gasteiger partial charge in [-0.3, -0.25) is 9.79 Å². The molecule has 2 heterocycles. The van der Waals surface area contributed by atoms with E-state index in [1.54, 1.807) is 13.8 Å². The van der Waals surface area contributed by atoms with Crippen LogP contribution in [0.1, 0.15) is 29.8 Å². The molecular weight excluding hydrogens is 351 g/mol. The first-order valence-corrected chi connectivity index (χ1v) is 7.76. The molecule has 138 valence electrons. The summed E-state index contributed by atoms with van der Waals surface area (Å²) in [6, 6.07) is 3.81. The third-order valence-electron chi connectivity index (χ3n) is 4.70. The van der Waals surface area contributed by atoms with Crippen LogP contribution in [0.4, 0.5) is 18.0 Å². The quantitative estimate of drug-likeness (QED) is 0.819. The van der Waals surface area contributed by atoms with E-state index in [2.05, 4.69) is 10.3 Å². The van der Waals surface area contributed by atoms with Gasteiger partial charge in [0.25, 0.3) is 5.91 Å². The number of nitrogens with zero attached hydrogens (tertiary/aromatic N) is 2. The SMILES string of the molecule is CC1(C)C2=C(CN1C(=O)[O-])C(NC(=O)c1ccc(C(F)(F)F)cc1)=NC2. The van der Waals surface area contributed by atoms with Crippen LogP contribution in [-0.2, 0) is 6.18 Å². The van der Waals surface area contributed by atoms with Crippen LogP contribution in [0.5, 0.6) is 0 Å². The van der Waals surface area contributed by atoms with Crippen molar-refractivity contribution in [3.63, 3.8) is 0 Å². The van der Waals surface area contributed by atoms with Gasteiger partial charge in [0.1, 0.15) is 11.9 Å². The Labute approximate surface area is 147 Å². The number of amides is 2. The Morgan fingerprint density at radius 2 is 1.85 bits per heavy atom. The number of alkyl halides is 3. The molecule has 9 heteroatoms. The highest BCUT2D eigenvalue weighted by atomic mass is 19.4. The number of hydrogen-bond donors (Lipinski definition) is 1. The summed E-state index contributed by atoms with van der Waals surface area (Å²) in [5.41, 5.74) is -0.231. The molecule has 1 aromatic rings. The van der Waals surface area contributed by atoms with Gasteiger partial charge in [-0.2, -0.15) is 13.2 Å². The molecule has 2 amide bonds. The van der Waals surface area contributed by atoms with Gasteiger partial charge in [0.2, 0.25) is 0 Å². The summed E-state index contributed by atoms with van der Waals surface area (Å²) >= 11 is 0. The molecule has 0 aliphatic carbocycles. The number of rotatable bonds is 1. The van der Waals surface area contributed by atoms with Crippen LogP contribution in [0.15, 0.2) is 40.4 Å². The third-order valence-corrected chi connectivity index (χ3v) is 4.70. The summed E-state index contributed by atoms with van der Waals surface area (Å²) < 4.78 is 37.8. The molecule has 0 fully saturated rings. The van der Waals surface area contributed by atoms with Crippen molar-refractivity contribution in [1.82, 2.24) is 10.2 Å². The molecule has 0 unspecified atom stereocenters. The lowest BCUT2D eigenvalue weighted by Gasteiger charge is -2.36. The smallest absolute Gasteiger partial charge is 0.416 e. The van der Waals surface area contributed by atoms with Crippen LogP contribution in [0, 0.1) is 0 Å². The fourth-order valence-corrected chi connectivity index (χ4v) is 3.14. The van der Waals surface area contributed by atoms with Crippen LogP contribution >= 0.6 is 0 Å². The predicted octanol–water partition coefficient (Wildman–Crippen LogP) is 1.58. The van der Waals surface area contributed by atoms with E-state index in [9.17, 15) is 27.9 Å². The molecule has 0 saturated heterocycles. The zero-order valence-corrected chi connectivity index (χ0v) is 14.0. The predicted molar refractivity (Wildman–Crippen MR) is 84.4 cm³/mol.